The molecule has 1 aromatic heterocycles. The van der Waals surface area contributed by atoms with Gasteiger partial charge in [-0.15, -0.1) is 0 Å². The van der Waals surface area contributed by atoms with Gasteiger partial charge in [0.05, 0.1) is 16.6 Å². The minimum Gasteiger partial charge on any atom is -0.477 e. The van der Waals surface area contributed by atoms with Crippen molar-refractivity contribution in [2.45, 2.75) is 44.4 Å². The zero-order valence-electron chi connectivity index (χ0n) is 17.1. The van der Waals surface area contributed by atoms with Crippen LogP contribution in [0.3, 0.4) is 0 Å². The maximum Gasteiger partial charge on any atom is 0.420 e. The average Bonchev–Trinajstić information content (AvgIpc) is 3.42. The molecule has 2 N–H and O–H groups in total. The number of carboxylic acids is 1. The summed E-state index contributed by atoms with van der Waals surface area (Å²) in [6, 6.07) is 0.462. The van der Waals surface area contributed by atoms with E-state index in [0.29, 0.717) is 19.3 Å². The van der Waals surface area contributed by atoms with Gasteiger partial charge in [0, 0.05) is 31.4 Å². The third-order valence-corrected chi connectivity index (χ3v) is 6.40. The summed E-state index contributed by atoms with van der Waals surface area (Å²) in [7, 11) is 1.76. The van der Waals surface area contributed by atoms with Gasteiger partial charge in [0.2, 0.25) is 5.43 Å². The maximum absolute atomic E-state index is 15.2. The number of carboxylic acid groups (broad SMARTS) is 1. The molecule has 2 heterocycles. The van der Waals surface area contributed by atoms with Crippen molar-refractivity contribution in [3.8, 4) is 0 Å². The van der Waals surface area contributed by atoms with Gasteiger partial charge in [-0.2, -0.15) is 13.2 Å². The highest BCUT2D eigenvalue weighted by molar-refractivity contribution is 5.95. The Morgan fingerprint density at radius 2 is 1.97 bits per heavy atom. The van der Waals surface area contributed by atoms with Crippen molar-refractivity contribution in [2.24, 2.45) is 5.92 Å². The van der Waals surface area contributed by atoms with Gasteiger partial charge in [0.25, 0.3) is 0 Å². The maximum atomic E-state index is 15.2. The Hall–Kier alpha value is -2.62. The second-order valence-electron chi connectivity index (χ2n) is 8.36. The minimum absolute atomic E-state index is 0.0428. The van der Waals surface area contributed by atoms with Gasteiger partial charge in [-0.25, -0.2) is 9.18 Å². The lowest BCUT2D eigenvalue weighted by molar-refractivity contribution is -0.136. The van der Waals surface area contributed by atoms with Crippen molar-refractivity contribution >= 4 is 22.6 Å². The monoisotopic (exact) mass is 441 g/mol. The first-order valence-corrected chi connectivity index (χ1v) is 10.2. The van der Waals surface area contributed by atoms with Crippen LogP contribution in [0.1, 0.15) is 48.1 Å². The Morgan fingerprint density at radius 3 is 2.52 bits per heavy atom. The van der Waals surface area contributed by atoms with Crippen molar-refractivity contribution < 1.29 is 27.5 Å². The third-order valence-electron chi connectivity index (χ3n) is 6.40. The number of aromatic nitrogens is 1. The normalized spacial score (nSPS) is 20.5. The highest BCUT2D eigenvalue weighted by Gasteiger charge is 2.43. The van der Waals surface area contributed by atoms with Crippen molar-refractivity contribution in [3.05, 3.63) is 39.4 Å². The predicted octanol–water partition coefficient (Wildman–Crippen LogP) is 3.63. The number of benzene rings is 1. The number of hydrogen-bond donors (Lipinski definition) is 2. The third kappa shape index (κ3) is 3.66. The van der Waals surface area contributed by atoms with Crippen molar-refractivity contribution in [1.29, 1.82) is 0 Å². The fourth-order valence-corrected chi connectivity index (χ4v) is 4.48. The number of carbonyl (C=O) groups is 1. The van der Waals surface area contributed by atoms with Crippen LogP contribution in [0.15, 0.2) is 17.1 Å². The van der Waals surface area contributed by atoms with Gasteiger partial charge >= 0.3 is 12.1 Å². The molecule has 2 atom stereocenters. The lowest BCUT2D eigenvalue weighted by atomic mass is 10.0. The van der Waals surface area contributed by atoms with E-state index in [2.05, 4.69) is 5.32 Å². The largest absolute Gasteiger partial charge is 0.477 e. The second kappa shape index (κ2) is 7.51. The number of pyridine rings is 1. The van der Waals surface area contributed by atoms with E-state index < -0.39 is 51.1 Å². The molecular formula is C21H23F4N3O3. The number of alkyl halides is 3. The number of nitrogens with zero attached hydrogens (tertiary/aromatic N) is 2. The number of nitrogens with one attached hydrogen (secondary N) is 1. The topological polar surface area (TPSA) is 74.6 Å². The summed E-state index contributed by atoms with van der Waals surface area (Å²) < 4.78 is 59.4. The zero-order valence-corrected chi connectivity index (χ0v) is 17.1. The number of aromatic carboxylic acids is 1. The van der Waals surface area contributed by atoms with E-state index >= 15 is 4.39 Å². The Labute approximate surface area is 175 Å². The van der Waals surface area contributed by atoms with Crippen LogP contribution in [0.4, 0.5) is 23.2 Å². The molecule has 1 saturated carbocycles. The fraction of sp³-hybridized carbons (Fsp3) is 0.524. The number of hydrogen-bond acceptors (Lipinski definition) is 4. The Bertz CT molecular complexity index is 1110. The molecule has 0 radical (unpaired) electrons. The summed E-state index contributed by atoms with van der Waals surface area (Å²) in [5.41, 5.74) is -3.99. The zero-order chi connectivity index (χ0) is 22.7. The predicted molar refractivity (Wildman–Crippen MR) is 107 cm³/mol. The van der Waals surface area contributed by atoms with Gasteiger partial charge in [0.15, 0.2) is 0 Å². The van der Waals surface area contributed by atoms with E-state index in [0.717, 1.165) is 12.3 Å². The molecule has 4 rings (SSSR count). The van der Waals surface area contributed by atoms with Crippen molar-refractivity contribution in [1.82, 2.24) is 9.88 Å². The highest BCUT2D eigenvalue weighted by Crippen LogP contribution is 2.46. The van der Waals surface area contributed by atoms with Crippen LogP contribution in [0.5, 0.6) is 0 Å². The van der Waals surface area contributed by atoms with Crippen LogP contribution >= 0.6 is 0 Å². The molecule has 2 fully saturated rings. The summed E-state index contributed by atoms with van der Waals surface area (Å²) in [6.45, 7) is 2.42. The molecule has 0 bridgehead atoms. The van der Waals surface area contributed by atoms with Crippen LogP contribution in [-0.4, -0.2) is 41.8 Å². The molecule has 1 saturated heterocycles. The van der Waals surface area contributed by atoms with E-state index in [4.69, 9.17) is 0 Å². The first kappa shape index (κ1) is 21.6. The SMILES string of the molecule is CN[C@H](C)[C@@H]1CCN(c2c(F)cc3c(=O)c(C(=O)O)cn(C4CC4)c3c2C(F)(F)F)C1. The van der Waals surface area contributed by atoms with E-state index in [1.807, 2.05) is 6.92 Å². The van der Waals surface area contributed by atoms with Crippen LogP contribution < -0.4 is 15.6 Å². The van der Waals surface area contributed by atoms with Gasteiger partial charge in [-0.1, -0.05) is 0 Å². The van der Waals surface area contributed by atoms with Gasteiger partial charge in [-0.05, 0) is 45.2 Å². The first-order chi connectivity index (χ1) is 14.5. The molecule has 0 amide bonds. The summed E-state index contributed by atoms with van der Waals surface area (Å²) in [6.07, 6.45) is -2.24. The molecule has 1 aromatic carbocycles. The van der Waals surface area contributed by atoms with Crippen LogP contribution in [0, 0.1) is 11.7 Å². The van der Waals surface area contributed by atoms with Gasteiger partial charge < -0.3 is 19.9 Å². The molecule has 0 unspecified atom stereocenters. The molecule has 31 heavy (non-hydrogen) atoms. The van der Waals surface area contributed by atoms with E-state index in [-0.39, 0.29) is 31.1 Å². The molecule has 2 aromatic rings. The molecule has 6 nitrogen and oxygen atoms in total. The molecule has 2 aliphatic rings. The molecule has 168 valence electrons. The molecule has 1 aliphatic carbocycles. The highest BCUT2D eigenvalue weighted by atomic mass is 19.4. The van der Waals surface area contributed by atoms with Gasteiger partial charge in [-0.3, -0.25) is 4.79 Å². The number of halogens is 4. The standard InChI is InChI=1S/C21H23F4N3O3/c1-10(26-2)11-5-6-27(8-11)18-15(22)7-13-17(16(18)21(23,24)25)28(12-3-4-12)9-14(19(13)29)20(30)31/h7,9-12,26H,3-6,8H2,1-2H3,(H,30,31)/t10-,11-/m1/s1. The Morgan fingerprint density at radius 1 is 1.29 bits per heavy atom. The first-order valence-electron chi connectivity index (χ1n) is 10.2. The van der Waals surface area contributed by atoms with Gasteiger partial charge in [0.1, 0.15) is 16.9 Å². The van der Waals surface area contributed by atoms with Crippen LogP contribution in [0.2, 0.25) is 0 Å². The number of anilines is 1. The van der Waals surface area contributed by atoms with Crippen LogP contribution in [0.25, 0.3) is 10.9 Å². The Balaban J connectivity index is 2.02. The molecule has 0 spiro atoms. The Kier molecular flexibility index (Phi) is 5.23. The lowest BCUT2D eigenvalue weighted by Crippen LogP contribution is -2.33. The summed E-state index contributed by atoms with van der Waals surface area (Å²) >= 11 is 0. The molecular weight excluding hydrogens is 418 g/mol. The van der Waals surface area contributed by atoms with Crippen molar-refractivity contribution in [2.75, 3.05) is 25.0 Å². The van der Waals surface area contributed by atoms with E-state index in [9.17, 15) is 27.9 Å². The van der Waals surface area contributed by atoms with Crippen LogP contribution in [-0.2, 0) is 6.18 Å². The summed E-state index contributed by atoms with van der Waals surface area (Å²) in [4.78, 5) is 25.5. The number of fused-ring (bicyclic) bond motifs is 1. The fourth-order valence-electron chi connectivity index (χ4n) is 4.48. The van der Waals surface area contributed by atoms with E-state index in [1.165, 1.54) is 9.47 Å². The van der Waals surface area contributed by atoms with Crippen molar-refractivity contribution in [3.63, 3.8) is 0 Å². The smallest absolute Gasteiger partial charge is 0.420 e. The quantitative estimate of drug-likeness (QED) is 0.694. The summed E-state index contributed by atoms with van der Waals surface area (Å²) in [5, 5.41) is 11.9. The summed E-state index contributed by atoms with van der Waals surface area (Å²) in [5.74, 6) is -2.68. The lowest BCUT2D eigenvalue weighted by Gasteiger charge is -2.27. The second-order valence-corrected chi connectivity index (χ2v) is 8.36. The minimum atomic E-state index is -4.93. The molecule has 10 heteroatoms. The average molecular weight is 441 g/mol. The molecule has 1 aliphatic heterocycles. The van der Waals surface area contributed by atoms with E-state index in [1.54, 1.807) is 7.05 Å². The number of rotatable bonds is 5.